The van der Waals surface area contributed by atoms with Crippen molar-refractivity contribution in [3.8, 4) is 0 Å². The van der Waals surface area contributed by atoms with Gasteiger partial charge in [0.05, 0.1) is 21.2 Å². The Balaban J connectivity index is 1.85. The molecular formula is C35H34BrClF3N3O4S. The molecule has 4 rings (SSSR count). The first-order valence-corrected chi connectivity index (χ1v) is 17.7. The van der Waals surface area contributed by atoms with E-state index in [2.05, 4.69) is 21.2 Å². The van der Waals surface area contributed by atoms with E-state index >= 15 is 0 Å². The lowest BCUT2D eigenvalue weighted by atomic mass is 10.0. The van der Waals surface area contributed by atoms with Crippen molar-refractivity contribution < 1.29 is 31.2 Å². The Hall–Kier alpha value is -3.87. The second-order valence-corrected chi connectivity index (χ2v) is 14.2. The minimum Gasteiger partial charge on any atom is -0.354 e. The lowest BCUT2D eigenvalue weighted by Crippen LogP contribution is -2.53. The molecule has 0 saturated carbocycles. The van der Waals surface area contributed by atoms with E-state index in [4.69, 9.17) is 11.6 Å². The van der Waals surface area contributed by atoms with Crippen LogP contribution < -0.4 is 9.62 Å². The summed E-state index contributed by atoms with van der Waals surface area (Å²) < 4.78 is 71.1. The maximum atomic E-state index is 14.5. The molecule has 0 saturated heterocycles. The van der Waals surface area contributed by atoms with Crippen molar-refractivity contribution in [1.29, 1.82) is 0 Å². The number of hydrogen-bond donors (Lipinski definition) is 1. The molecule has 0 aromatic heterocycles. The highest BCUT2D eigenvalue weighted by atomic mass is 79.9. The van der Waals surface area contributed by atoms with E-state index in [0.29, 0.717) is 28.9 Å². The Morgan fingerprint density at radius 2 is 1.52 bits per heavy atom. The highest BCUT2D eigenvalue weighted by molar-refractivity contribution is 9.10. The number of rotatable bonds is 14. The molecule has 1 N–H and O–H groups in total. The van der Waals surface area contributed by atoms with Gasteiger partial charge in [0.2, 0.25) is 11.8 Å². The molecule has 0 aliphatic rings. The van der Waals surface area contributed by atoms with E-state index < -0.39 is 51.9 Å². The van der Waals surface area contributed by atoms with E-state index in [1.165, 1.54) is 29.2 Å². The molecule has 13 heteroatoms. The van der Waals surface area contributed by atoms with Gasteiger partial charge in [0.1, 0.15) is 12.6 Å². The summed E-state index contributed by atoms with van der Waals surface area (Å²) in [5, 5.41) is 2.58. The molecule has 7 nitrogen and oxygen atoms in total. The molecule has 1 unspecified atom stereocenters. The van der Waals surface area contributed by atoms with E-state index in [-0.39, 0.29) is 22.9 Å². The molecular weight excluding hydrogens is 731 g/mol. The summed E-state index contributed by atoms with van der Waals surface area (Å²) in [7, 11) is -4.64. The smallest absolute Gasteiger partial charge is 0.354 e. The van der Waals surface area contributed by atoms with Crippen molar-refractivity contribution in [2.24, 2.45) is 0 Å². The topological polar surface area (TPSA) is 86.8 Å². The lowest BCUT2D eigenvalue weighted by molar-refractivity contribution is -0.140. The van der Waals surface area contributed by atoms with Crippen molar-refractivity contribution in [3.05, 3.63) is 129 Å². The molecule has 0 aliphatic carbocycles. The van der Waals surface area contributed by atoms with Crippen molar-refractivity contribution in [3.63, 3.8) is 0 Å². The van der Waals surface area contributed by atoms with Gasteiger partial charge in [-0.3, -0.25) is 13.9 Å². The van der Waals surface area contributed by atoms with Crippen LogP contribution in [-0.2, 0) is 38.8 Å². The van der Waals surface area contributed by atoms with Gasteiger partial charge >= 0.3 is 6.18 Å². The normalized spacial score (nSPS) is 12.3. The summed E-state index contributed by atoms with van der Waals surface area (Å²) in [6, 6.07) is 24.3. The first kappa shape index (κ1) is 37.0. The highest BCUT2D eigenvalue weighted by Crippen LogP contribution is 2.37. The van der Waals surface area contributed by atoms with Gasteiger partial charge in [-0.25, -0.2) is 8.42 Å². The predicted octanol–water partition coefficient (Wildman–Crippen LogP) is 7.87. The number of hydrogen-bond acceptors (Lipinski definition) is 4. The highest BCUT2D eigenvalue weighted by Gasteiger charge is 2.37. The predicted molar refractivity (Wildman–Crippen MR) is 184 cm³/mol. The quantitative estimate of drug-likeness (QED) is 0.133. The second kappa shape index (κ2) is 16.5. The first-order valence-electron chi connectivity index (χ1n) is 15.1. The molecule has 0 spiro atoms. The molecule has 254 valence electrons. The average molecular weight is 765 g/mol. The van der Waals surface area contributed by atoms with E-state index in [1.54, 1.807) is 42.5 Å². The minimum atomic E-state index is -4.82. The Bertz CT molecular complexity index is 1800. The molecule has 0 aliphatic heterocycles. The Morgan fingerprint density at radius 1 is 0.896 bits per heavy atom. The number of anilines is 1. The Kier molecular flexibility index (Phi) is 12.7. The number of unbranched alkanes of at least 4 members (excludes halogenated alkanes) is 1. The second-order valence-electron chi connectivity index (χ2n) is 11.0. The summed E-state index contributed by atoms with van der Waals surface area (Å²) in [6.07, 6.45) is -3.22. The van der Waals surface area contributed by atoms with Crippen LogP contribution in [0, 0.1) is 0 Å². The fourth-order valence-electron chi connectivity index (χ4n) is 4.96. The van der Waals surface area contributed by atoms with Crippen LogP contribution in [-0.4, -0.2) is 44.3 Å². The molecule has 48 heavy (non-hydrogen) atoms. The van der Waals surface area contributed by atoms with Gasteiger partial charge in [0.15, 0.2) is 0 Å². The number of benzene rings is 4. The average Bonchev–Trinajstić information content (AvgIpc) is 3.06. The van der Waals surface area contributed by atoms with Gasteiger partial charge in [-0.05, 0) is 60.0 Å². The fraction of sp³-hybridized carbons (Fsp3) is 0.257. The molecule has 2 amide bonds. The molecule has 1 atom stereocenters. The number of amides is 2. The zero-order valence-electron chi connectivity index (χ0n) is 26.0. The molecule has 4 aromatic carbocycles. The number of alkyl halides is 3. The summed E-state index contributed by atoms with van der Waals surface area (Å²) >= 11 is 9.76. The molecule has 0 radical (unpaired) electrons. The van der Waals surface area contributed by atoms with Gasteiger partial charge in [-0.1, -0.05) is 102 Å². The van der Waals surface area contributed by atoms with Gasteiger partial charge in [-0.15, -0.1) is 0 Å². The van der Waals surface area contributed by atoms with Crippen LogP contribution in [0.25, 0.3) is 0 Å². The monoisotopic (exact) mass is 763 g/mol. The zero-order valence-corrected chi connectivity index (χ0v) is 29.1. The number of sulfonamides is 1. The molecule has 4 aromatic rings. The molecule has 0 fully saturated rings. The SMILES string of the molecule is CCCCNC(=O)C(Cc1ccccc1)N(Cc1ccc(Br)cc1)C(=O)CN(c1cc(C(F)(F)F)ccc1Cl)S(=O)(=O)c1ccccc1. The van der Waals surface area contributed by atoms with E-state index in [1.807, 2.05) is 25.1 Å². The third-order valence-electron chi connectivity index (χ3n) is 7.52. The van der Waals surface area contributed by atoms with Gasteiger partial charge < -0.3 is 10.2 Å². The van der Waals surface area contributed by atoms with Crippen molar-refractivity contribution in [1.82, 2.24) is 10.2 Å². The first-order chi connectivity index (χ1) is 22.8. The largest absolute Gasteiger partial charge is 0.416 e. The lowest BCUT2D eigenvalue weighted by Gasteiger charge is -2.34. The summed E-state index contributed by atoms with van der Waals surface area (Å²) in [6.45, 7) is 1.29. The van der Waals surface area contributed by atoms with Crippen LogP contribution in [0.3, 0.4) is 0 Å². The van der Waals surface area contributed by atoms with Crippen LogP contribution in [0.2, 0.25) is 5.02 Å². The van der Waals surface area contributed by atoms with E-state index in [0.717, 1.165) is 28.6 Å². The summed E-state index contributed by atoms with van der Waals surface area (Å²) in [5.74, 6) is -1.27. The van der Waals surface area contributed by atoms with Crippen LogP contribution in [0.5, 0.6) is 0 Å². The van der Waals surface area contributed by atoms with Crippen LogP contribution in [0.15, 0.2) is 112 Å². The van der Waals surface area contributed by atoms with Crippen LogP contribution in [0.4, 0.5) is 18.9 Å². The van der Waals surface area contributed by atoms with Gasteiger partial charge in [-0.2, -0.15) is 13.2 Å². The number of carbonyl (C=O) groups is 2. The third-order valence-corrected chi connectivity index (χ3v) is 10.1. The summed E-state index contributed by atoms with van der Waals surface area (Å²) in [4.78, 5) is 29.3. The minimum absolute atomic E-state index is 0.0941. The van der Waals surface area contributed by atoms with Crippen LogP contribution >= 0.6 is 27.5 Å². The van der Waals surface area contributed by atoms with E-state index in [9.17, 15) is 31.2 Å². The summed E-state index contributed by atoms with van der Waals surface area (Å²) in [5.41, 5.74) is -0.289. The number of nitrogens with one attached hydrogen (secondary N) is 1. The van der Waals surface area contributed by atoms with Crippen molar-refractivity contribution in [2.75, 3.05) is 17.4 Å². The number of nitrogens with zero attached hydrogens (tertiary/aromatic N) is 2. The van der Waals surface area contributed by atoms with Crippen molar-refractivity contribution >= 4 is 55.1 Å². The molecule has 0 heterocycles. The Morgan fingerprint density at radius 3 is 2.12 bits per heavy atom. The Labute approximate surface area is 291 Å². The zero-order chi connectivity index (χ0) is 34.9. The third kappa shape index (κ3) is 9.61. The molecule has 0 bridgehead atoms. The maximum Gasteiger partial charge on any atom is 0.416 e. The van der Waals surface area contributed by atoms with Gasteiger partial charge in [0, 0.05) is 24.0 Å². The van der Waals surface area contributed by atoms with Crippen molar-refractivity contribution in [2.45, 2.75) is 49.8 Å². The maximum absolute atomic E-state index is 14.5. The standard InChI is InChI=1S/C35H34BrClF3N3O4S/c1-2-3-20-41-34(45)32(21-25-10-6-4-7-11-25)42(23-26-14-17-28(36)18-15-26)33(44)24-43(48(46,47)29-12-8-5-9-13-29)31-22-27(35(38,39)40)16-19-30(31)37/h4-19,22,32H,2-3,20-21,23-24H2,1H3,(H,41,45). The number of carbonyl (C=O) groups excluding carboxylic acids is 2. The van der Waals surface area contributed by atoms with Gasteiger partial charge in [0.25, 0.3) is 10.0 Å². The van der Waals surface area contributed by atoms with Crippen LogP contribution in [0.1, 0.15) is 36.5 Å². The number of halogens is 5. The fourth-order valence-corrected chi connectivity index (χ4v) is 6.94.